The number of carbonyl (C=O) groups excluding carboxylic acids is 2. The predicted octanol–water partition coefficient (Wildman–Crippen LogP) is 7.31. The third-order valence-electron chi connectivity index (χ3n) is 10.3. The van der Waals surface area contributed by atoms with E-state index < -0.39 is 25.2 Å². The first kappa shape index (κ1) is 38.0. The van der Waals surface area contributed by atoms with Crippen molar-refractivity contribution >= 4 is 11.9 Å². The van der Waals surface area contributed by atoms with Crippen LogP contribution in [0.2, 0.25) is 0 Å². The molecule has 1 saturated heterocycles. The fraction of sp³-hybridized carbons (Fsp3) is 0.692. The molecule has 1 saturated carbocycles. The maximum absolute atomic E-state index is 11.9. The number of ether oxygens (including phenoxy) is 3. The molecule has 258 valence electrons. The highest BCUT2D eigenvalue weighted by atomic mass is 16.5. The molecule has 2 unspecified atom stereocenters. The van der Waals surface area contributed by atoms with Crippen molar-refractivity contribution in [3.8, 4) is 0 Å². The lowest BCUT2D eigenvalue weighted by Gasteiger charge is -2.40. The number of benzene rings is 1. The third-order valence-corrected chi connectivity index (χ3v) is 10.3. The van der Waals surface area contributed by atoms with Crippen LogP contribution in [0.5, 0.6) is 0 Å². The van der Waals surface area contributed by atoms with Crippen LogP contribution in [-0.2, 0) is 36.6 Å². The number of rotatable bonds is 21. The van der Waals surface area contributed by atoms with E-state index in [0.717, 1.165) is 31.3 Å². The minimum atomic E-state index is -0.602. The Kier molecular flexibility index (Phi) is 17.7. The molecule has 0 aromatic heterocycles. The van der Waals surface area contributed by atoms with Crippen LogP contribution in [0.1, 0.15) is 108 Å². The molecule has 1 heterocycles. The first-order valence-corrected chi connectivity index (χ1v) is 17.9. The van der Waals surface area contributed by atoms with Crippen molar-refractivity contribution in [2.75, 3.05) is 33.0 Å². The molecule has 0 spiro atoms. The Morgan fingerprint density at radius 1 is 0.783 bits per heavy atom. The molecule has 2 fully saturated rings. The molecular formula is C39H60O7. The van der Waals surface area contributed by atoms with Gasteiger partial charge < -0.3 is 24.4 Å². The summed E-state index contributed by atoms with van der Waals surface area (Å²) in [6.45, 7) is 9.53. The summed E-state index contributed by atoms with van der Waals surface area (Å²) in [5.41, 5.74) is 3.00. The van der Waals surface area contributed by atoms with Crippen molar-refractivity contribution < 1.29 is 34.0 Å². The zero-order chi connectivity index (χ0) is 33.1. The number of esters is 2. The molecule has 0 radical (unpaired) electrons. The minimum absolute atomic E-state index is 0.00402. The average Bonchev–Trinajstić information content (AvgIpc) is 3.09. The fourth-order valence-corrected chi connectivity index (χ4v) is 7.15. The van der Waals surface area contributed by atoms with Gasteiger partial charge in [0.1, 0.15) is 0 Å². The smallest absolute Gasteiger partial charge is 0.335 e. The summed E-state index contributed by atoms with van der Waals surface area (Å²) >= 11 is 0. The van der Waals surface area contributed by atoms with Gasteiger partial charge in [0, 0.05) is 0 Å². The van der Waals surface area contributed by atoms with Gasteiger partial charge in [-0.2, -0.15) is 0 Å². The van der Waals surface area contributed by atoms with Gasteiger partial charge in [0.25, 0.3) is 0 Å². The molecule has 1 aliphatic carbocycles. The molecule has 2 aliphatic rings. The maximum atomic E-state index is 11.9. The van der Waals surface area contributed by atoms with Crippen LogP contribution in [-0.4, -0.2) is 61.3 Å². The highest BCUT2D eigenvalue weighted by Gasteiger charge is 2.34. The second kappa shape index (κ2) is 21.4. The highest BCUT2D eigenvalue weighted by Crippen LogP contribution is 2.40. The summed E-state index contributed by atoms with van der Waals surface area (Å²) in [5.74, 6) is 1.00. The molecule has 1 aliphatic heterocycles. The number of aliphatic hydroxyl groups excluding tert-OH is 2. The van der Waals surface area contributed by atoms with Gasteiger partial charge in [-0.05, 0) is 99.0 Å². The topological polar surface area (TPSA) is 102 Å². The largest absolute Gasteiger partial charge is 0.462 e. The van der Waals surface area contributed by atoms with Gasteiger partial charge in [-0.25, -0.2) is 9.59 Å². The number of hydrogen-bond acceptors (Lipinski definition) is 7. The van der Waals surface area contributed by atoms with E-state index in [-0.39, 0.29) is 36.4 Å². The summed E-state index contributed by atoms with van der Waals surface area (Å²) in [5, 5.41) is 18.2. The number of unbranched alkanes of at least 4 members (excludes halogenated alkanes) is 3. The van der Waals surface area contributed by atoms with Gasteiger partial charge >= 0.3 is 11.9 Å². The van der Waals surface area contributed by atoms with E-state index >= 15 is 0 Å². The molecule has 0 bridgehead atoms. The van der Waals surface area contributed by atoms with Crippen molar-refractivity contribution in [1.29, 1.82) is 0 Å². The quantitative estimate of drug-likeness (QED) is 0.0825. The first-order valence-electron chi connectivity index (χ1n) is 17.9. The van der Waals surface area contributed by atoms with E-state index in [1.54, 1.807) is 0 Å². The van der Waals surface area contributed by atoms with Crippen molar-refractivity contribution in [3.63, 3.8) is 0 Å². The van der Waals surface area contributed by atoms with Crippen LogP contribution < -0.4 is 0 Å². The zero-order valence-corrected chi connectivity index (χ0v) is 28.4. The van der Waals surface area contributed by atoms with Crippen LogP contribution >= 0.6 is 0 Å². The number of hydrogen-bond donors (Lipinski definition) is 2. The summed E-state index contributed by atoms with van der Waals surface area (Å²) < 4.78 is 17.0. The second-order valence-electron chi connectivity index (χ2n) is 13.6. The van der Waals surface area contributed by atoms with Crippen LogP contribution in [0.4, 0.5) is 0 Å². The van der Waals surface area contributed by atoms with Gasteiger partial charge in [0.05, 0.1) is 50.3 Å². The van der Waals surface area contributed by atoms with Crippen molar-refractivity contribution in [3.05, 3.63) is 59.7 Å². The molecule has 2 atom stereocenters. The standard InChI is InChI=1S/C39H60O7/c1-4-5-6-9-31-12-14-32(15-13-31)10-7-8-11-33-16-18-34(19-17-33)36-20-21-37(46-28-36)35(22-24-44-38(42)29(2)26-40)23-25-45-39(43)30(3)27-41/h12-15,33-37,40-41H,2-11,16-28H2,1H3. The van der Waals surface area contributed by atoms with E-state index in [4.69, 9.17) is 24.4 Å². The Balaban J connectivity index is 1.35. The van der Waals surface area contributed by atoms with E-state index in [1.165, 1.54) is 88.2 Å². The molecule has 46 heavy (non-hydrogen) atoms. The molecule has 7 nitrogen and oxygen atoms in total. The highest BCUT2D eigenvalue weighted by molar-refractivity contribution is 5.88. The first-order chi connectivity index (χ1) is 22.3. The van der Waals surface area contributed by atoms with Crippen molar-refractivity contribution in [2.45, 2.75) is 116 Å². The number of aryl methyl sites for hydroxylation is 2. The summed E-state index contributed by atoms with van der Waals surface area (Å²) in [6.07, 6.45) is 18.6. The molecule has 3 rings (SSSR count). The van der Waals surface area contributed by atoms with Gasteiger partial charge in [0.15, 0.2) is 0 Å². The minimum Gasteiger partial charge on any atom is -0.462 e. The molecule has 2 N–H and O–H groups in total. The van der Waals surface area contributed by atoms with E-state index in [2.05, 4.69) is 44.3 Å². The van der Waals surface area contributed by atoms with Crippen LogP contribution in [0.15, 0.2) is 48.6 Å². The van der Waals surface area contributed by atoms with Crippen molar-refractivity contribution in [1.82, 2.24) is 0 Å². The molecule has 1 aromatic rings. The normalized spacial score (nSPS) is 21.6. The maximum Gasteiger partial charge on any atom is 0.335 e. The Hall–Kier alpha value is -2.48. The SMILES string of the molecule is C=C(CO)C(=O)OCCC(CCOC(=O)C(=C)CO)C1CCC(C2CCC(CCCCc3ccc(CCCCC)cc3)CC2)CO1. The third kappa shape index (κ3) is 13.3. The lowest BCUT2D eigenvalue weighted by Crippen LogP contribution is -2.37. The van der Waals surface area contributed by atoms with Crippen LogP contribution in [0.25, 0.3) is 0 Å². The van der Waals surface area contributed by atoms with Gasteiger partial charge in [-0.15, -0.1) is 0 Å². The van der Waals surface area contributed by atoms with E-state index in [1.807, 2.05) is 0 Å². The Bertz CT molecular complexity index is 1010. The van der Waals surface area contributed by atoms with E-state index in [0.29, 0.717) is 18.8 Å². The van der Waals surface area contributed by atoms with Gasteiger partial charge in [-0.1, -0.05) is 82.9 Å². The van der Waals surface area contributed by atoms with Crippen LogP contribution in [0.3, 0.4) is 0 Å². The number of aliphatic hydroxyl groups is 2. The summed E-state index contributed by atoms with van der Waals surface area (Å²) in [6, 6.07) is 9.33. The summed E-state index contributed by atoms with van der Waals surface area (Å²) in [7, 11) is 0. The molecule has 7 heteroatoms. The van der Waals surface area contributed by atoms with Crippen molar-refractivity contribution in [2.24, 2.45) is 23.7 Å². The number of carbonyl (C=O) groups is 2. The lowest BCUT2D eigenvalue weighted by molar-refractivity contribution is -0.141. The second-order valence-corrected chi connectivity index (χ2v) is 13.6. The predicted molar refractivity (Wildman–Crippen MR) is 182 cm³/mol. The van der Waals surface area contributed by atoms with E-state index in [9.17, 15) is 9.59 Å². The summed E-state index contributed by atoms with van der Waals surface area (Å²) in [4.78, 5) is 23.9. The molecular weight excluding hydrogens is 580 g/mol. The molecule has 1 aromatic carbocycles. The Morgan fingerprint density at radius 3 is 1.78 bits per heavy atom. The monoisotopic (exact) mass is 640 g/mol. The zero-order valence-electron chi connectivity index (χ0n) is 28.4. The Labute approximate surface area is 277 Å². The fourth-order valence-electron chi connectivity index (χ4n) is 7.15. The van der Waals surface area contributed by atoms with Gasteiger partial charge in [-0.3, -0.25) is 0 Å². The molecule has 0 amide bonds. The lowest BCUT2D eigenvalue weighted by atomic mass is 9.72. The Morgan fingerprint density at radius 2 is 1.30 bits per heavy atom. The average molecular weight is 641 g/mol. The van der Waals surface area contributed by atoms with Gasteiger partial charge in [0.2, 0.25) is 0 Å². The van der Waals surface area contributed by atoms with Crippen LogP contribution in [0, 0.1) is 23.7 Å².